The van der Waals surface area contributed by atoms with Crippen LogP contribution in [-0.2, 0) is 0 Å². The van der Waals surface area contributed by atoms with Gasteiger partial charge in [-0.3, -0.25) is 0 Å². The molecule has 0 bridgehead atoms. The van der Waals surface area contributed by atoms with Crippen molar-refractivity contribution in [2.45, 2.75) is 0 Å². The first-order valence-corrected chi connectivity index (χ1v) is 7.14. The number of nitrogens with two attached hydrogens (primary N) is 2. The lowest BCUT2D eigenvalue weighted by molar-refractivity contribution is 0.0698. The standard InChI is InChI=1S/C19H16N2O2/c20-13-6-8-15(17(10-13)12-4-2-1-3-5-12)18-11-14(21)7-9-16(18)19(22)23/h1-11H,20-21H2,(H,22,23). The third-order valence-electron chi connectivity index (χ3n) is 3.69. The second kappa shape index (κ2) is 5.85. The van der Waals surface area contributed by atoms with Gasteiger partial charge in [-0.1, -0.05) is 36.4 Å². The number of benzene rings is 3. The molecule has 0 atom stereocenters. The van der Waals surface area contributed by atoms with Crippen LogP contribution in [0.4, 0.5) is 11.4 Å². The van der Waals surface area contributed by atoms with E-state index in [1.165, 1.54) is 6.07 Å². The summed E-state index contributed by atoms with van der Waals surface area (Å²) in [5, 5.41) is 9.47. The number of carboxylic acids is 1. The molecule has 0 saturated carbocycles. The normalized spacial score (nSPS) is 10.4. The second-order valence-corrected chi connectivity index (χ2v) is 5.28. The van der Waals surface area contributed by atoms with Crippen LogP contribution in [0, 0.1) is 0 Å². The molecule has 0 heterocycles. The Hall–Kier alpha value is -3.27. The zero-order chi connectivity index (χ0) is 16.4. The fourth-order valence-corrected chi connectivity index (χ4v) is 2.62. The summed E-state index contributed by atoms with van der Waals surface area (Å²) in [6.45, 7) is 0. The first-order valence-electron chi connectivity index (χ1n) is 7.14. The molecule has 0 aliphatic rings. The van der Waals surface area contributed by atoms with Crippen LogP contribution in [0.5, 0.6) is 0 Å². The molecule has 0 unspecified atom stereocenters. The zero-order valence-corrected chi connectivity index (χ0v) is 12.4. The van der Waals surface area contributed by atoms with Gasteiger partial charge < -0.3 is 16.6 Å². The number of hydrogen-bond donors (Lipinski definition) is 3. The van der Waals surface area contributed by atoms with Gasteiger partial charge in [0.25, 0.3) is 0 Å². The fraction of sp³-hybridized carbons (Fsp3) is 0. The van der Waals surface area contributed by atoms with Crippen LogP contribution in [0.2, 0.25) is 0 Å². The lowest BCUT2D eigenvalue weighted by Crippen LogP contribution is -2.02. The molecule has 0 aliphatic carbocycles. The molecule has 5 N–H and O–H groups in total. The molecular formula is C19H16N2O2. The van der Waals surface area contributed by atoms with Crippen molar-refractivity contribution in [1.82, 2.24) is 0 Å². The Kier molecular flexibility index (Phi) is 3.73. The van der Waals surface area contributed by atoms with Crippen LogP contribution in [0.15, 0.2) is 66.7 Å². The lowest BCUT2D eigenvalue weighted by atomic mass is 9.91. The predicted molar refractivity (Wildman–Crippen MR) is 93.1 cm³/mol. The van der Waals surface area contributed by atoms with Crippen LogP contribution in [0.3, 0.4) is 0 Å². The van der Waals surface area contributed by atoms with Crippen LogP contribution in [-0.4, -0.2) is 11.1 Å². The van der Waals surface area contributed by atoms with Crippen molar-refractivity contribution >= 4 is 17.3 Å². The minimum absolute atomic E-state index is 0.209. The lowest BCUT2D eigenvalue weighted by Gasteiger charge is -2.14. The molecule has 0 saturated heterocycles. The van der Waals surface area contributed by atoms with Gasteiger partial charge in [0.2, 0.25) is 0 Å². The quantitative estimate of drug-likeness (QED) is 0.640. The highest BCUT2D eigenvalue weighted by atomic mass is 16.4. The average molecular weight is 304 g/mol. The van der Waals surface area contributed by atoms with Crippen LogP contribution in [0.1, 0.15) is 10.4 Å². The summed E-state index contributed by atoms with van der Waals surface area (Å²) in [5.74, 6) is -0.990. The molecule has 0 radical (unpaired) electrons. The number of hydrogen-bond acceptors (Lipinski definition) is 3. The predicted octanol–water partition coefficient (Wildman–Crippen LogP) is 3.88. The van der Waals surface area contributed by atoms with E-state index in [0.29, 0.717) is 16.9 Å². The van der Waals surface area contributed by atoms with E-state index in [0.717, 1.165) is 16.7 Å². The molecule has 0 aliphatic heterocycles. The molecule has 4 nitrogen and oxygen atoms in total. The van der Waals surface area contributed by atoms with Gasteiger partial charge in [0.1, 0.15) is 0 Å². The van der Waals surface area contributed by atoms with Gasteiger partial charge in [-0.2, -0.15) is 0 Å². The molecule has 3 aromatic rings. The van der Waals surface area contributed by atoms with E-state index in [4.69, 9.17) is 11.5 Å². The van der Waals surface area contributed by atoms with Gasteiger partial charge in [-0.25, -0.2) is 4.79 Å². The van der Waals surface area contributed by atoms with Crippen LogP contribution < -0.4 is 11.5 Å². The molecule has 114 valence electrons. The topological polar surface area (TPSA) is 89.3 Å². The third-order valence-corrected chi connectivity index (χ3v) is 3.69. The molecule has 23 heavy (non-hydrogen) atoms. The zero-order valence-electron chi connectivity index (χ0n) is 12.4. The van der Waals surface area contributed by atoms with E-state index >= 15 is 0 Å². The van der Waals surface area contributed by atoms with Gasteiger partial charge >= 0.3 is 5.97 Å². The van der Waals surface area contributed by atoms with Crippen molar-refractivity contribution in [1.29, 1.82) is 0 Å². The van der Waals surface area contributed by atoms with E-state index in [1.807, 2.05) is 42.5 Å². The minimum Gasteiger partial charge on any atom is -0.478 e. The van der Waals surface area contributed by atoms with Crippen LogP contribution in [0.25, 0.3) is 22.3 Å². The maximum atomic E-state index is 11.6. The fourth-order valence-electron chi connectivity index (χ4n) is 2.62. The Morgan fingerprint density at radius 1 is 0.739 bits per heavy atom. The van der Waals surface area contributed by atoms with Crippen molar-refractivity contribution in [3.8, 4) is 22.3 Å². The number of carbonyl (C=O) groups is 1. The summed E-state index contributed by atoms with van der Waals surface area (Å²) in [5.41, 5.74) is 16.3. The number of anilines is 2. The molecule has 0 fully saturated rings. The van der Waals surface area contributed by atoms with Crippen molar-refractivity contribution in [3.05, 3.63) is 72.3 Å². The highest BCUT2D eigenvalue weighted by molar-refractivity contribution is 6.00. The summed E-state index contributed by atoms with van der Waals surface area (Å²) in [6, 6.07) is 20.0. The Morgan fingerprint density at radius 3 is 2.00 bits per heavy atom. The van der Waals surface area contributed by atoms with E-state index in [-0.39, 0.29) is 5.56 Å². The van der Waals surface area contributed by atoms with E-state index < -0.39 is 5.97 Å². The summed E-state index contributed by atoms with van der Waals surface area (Å²) in [7, 11) is 0. The first kappa shape index (κ1) is 14.7. The smallest absolute Gasteiger partial charge is 0.336 e. The monoisotopic (exact) mass is 304 g/mol. The number of aromatic carboxylic acids is 1. The van der Waals surface area contributed by atoms with Crippen LogP contribution >= 0.6 is 0 Å². The van der Waals surface area contributed by atoms with Crippen molar-refractivity contribution in [2.75, 3.05) is 11.5 Å². The van der Waals surface area contributed by atoms with Gasteiger partial charge in [0.15, 0.2) is 0 Å². The maximum absolute atomic E-state index is 11.6. The SMILES string of the molecule is Nc1ccc(C(=O)O)c(-c2ccc(N)cc2-c2ccccc2)c1. The number of rotatable bonds is 3. The van der Waals surface area contributed by atoms with Crippen molar-refractivity contribution in [2.24, 2.45) is 0 Å². The Morgan fingerprint density at radius 2 is 1.35 bits per heavy atom. The molecule has 4 heteroatoms. The van der Waals surface area contributed by atoms with Crippen molar-refractivity contribution in [3.63, 3.8) is 0 Å². The van der Waals surface area contributed by atoms with Crippen molar-refractivity contribution < 1.29 is 9.90 Å². The number of carboxylic acid groups (broad SMARTS) is 1. The van der Waals surface area contributed by atoms with Gasteiger partial charge in [-0.05, 0) is 52.6 Å². The Balaban J connectivity index is 2.30. The van der Waals surface area contributed by atoms with Gasteiger partial charge in [-0.15, -0.1) is 0 Å². The van der Waals surface area contributed by atoms with Gasteiger partial charge in [0.05, 0.1) is 5.56 Å². The average Bonchev–Trinajstić information content (AvgIpc) is 2.55. The molecule has 0 aromatic heterocycles. The van der Waals surface area contributed by atoms with E-state index in [2.05, 4.69) is 0 Å². The van der Waals surface area contributed by atoms with E-state index in [9.17, 15) is 9.90 Å². The summed E-state index contributed by atoms with van der Waals surface area (Å²) in [4.78, 5) is 11.6. The Bertz CT molecular complexity index is 874. The summed E-state index contributed by atoms with van der Waals surface area (Å²) in [6.07, 6.45) is 0. The van der Waals surface area contributed by atoms with E-state index in [1.54, 1.807) is 18.2 Å². The summed E-state index contributed by atoms with van der Waals surface area (Å²) < 4.78 is 0. The summed E-state index contributed by atoms with van der Waals surface area (Å²) >= 11 is 0. The number of nitrogen functional groups attached to an aromatic ring is 2. The third kappa shape index (κ3) is 2.87. The molecular weight excluding hydrogens is 288 g/mol. The highest BCUT2D eigenvalue weighted by Crippen LogP contribution is 2.36. The second-order valence-electron chi connectivity index (χ2n) is 5.28. The maximum Gasteiger partial charge on any atom is 0.336 e. The van der Waals surface area contributed by atoms with Gasteiger partial charge in [0, 0.05) is 11.4 Å². The Labute approximate surface area is 134 Å². The largest absolute Gasteiger partial charge is 0.478 e. The first-order chi connectivity index (χ1) is 11.1. The molecule has 0 amide bonds. The molecule has 3 aromatic carbocycles. The highest BCUT2D eigenvalue weighted by Gasteiger charge is 2.16. The molecule has 3 rings (SSSR count). The molecule has 0 spiro atoms. The minimum atomic E-state index is -0.990.